The van der Waals surface area contributed by atoms with Crippen molar-refractivity contribution in [1.29, 1.82) is 0 Å². The Kier molecular flexibility index (Phi) is 11.8. The van der Waals surface area contributed by atoms with E-state index in [1.165, 1.54) is 32.1 Å². The van der Waals surface area contributed by atoms with Gasteiger partial charge in [0.2, 0.25) is 5.91 Å². The van der Waals surface area contributed by atoms with Crippen LogP contribution in [-0.2, 0) is 9.59 Å². The van der Waals surface area contributed by atoms with Crippen LogP contribution in [0.1, 0.15) is 64.7 Å². The molecule has 1 atom stereocenters. The Morgan fingerprint density at radius 1 is 1.05 bits per heavy atom. The largest absolute Gasteiger partial charge is 0.480 e. The molecule has 0 unspecified atom stereocenters. The van der Waals surface area contributed by atoms with Crippen LogP contribution >= 0.6 is 11.6 Å². The van der Waals surface area contributed by atoms with E-state index >= 15 is 0 Å². The summed E-state index contributed by atoms with van der Waals surface area (Å²) >= 11 is 5.34. The summed E-state index contributed by atoms with van der Waals surface area (Å²) in [5, 5.41) is 11.4. The van der Waals surface area contributed by atoms with Gasteiger partial charge in [-0.05, 0) is 6.42 Å². The van der Waals surface area contributed by atoms with Gasteiger partial charge in [-0.15, -0.1) is 11.6 Å². The van der Waals surface area contributed by atoms with E-state index in [4.69, 9.17) is 16.7 Å². The number of carbonyl (C=O) groups is 2. The van der Waals surface area contributed by atoms with Gasteiger partial charge in [0.15, 0.2) is 0 Å². The summed E-state index contributed by atoms with van der Waals surface area (Å²) in [5.74, 6) is -1.60. The monoisotopic (exact) mass is 291 g/mol. The molecule has 19 heavy (non-hydrogen) atoms. The summed E-state index contributed by atoms with van der Waals surface area (Å²) in [6.07, 6.45) is 9.78. The fraction of sp³-hybridized carbons (Fsp3) is 0.857. The van der Waals surface area contributed by atoms with E-state index in [0.717, 1.165) is 19.3 Å². The zero-order valence-corrected chi connectivity index (χ0v) is 12.5. The van der Waals surface area contributed by atoms with Gasteiger partial charge >= 0.3 is 5.97 Å². The molecule has 0 bridgehead atoms. The molecule has 0 saturated carbocycles. The average molecular weight is 292 g/mol. The van der Waals surface area contributed by atoms with Gasteiger partial charge in [-0.25, -0.2) is 4.79 Å². The summed E-state index contributed by atoms with van der Waals surface area (Å²) in [6, 6.07) is -0.800. The van der Waals surface area contributed by atoms with E-state index in [9.17, 15) is 9.59 Å². The second-order valence-corrected chi connectivity index (χ2v) is 5.12. The van der Waals surface area contributed by atoms with Gasteiger partial charge in [0.05, 0.1) is 0 Å². The molecular weight excluding hydrogens is 266 g/mol. The van der Waals surface area contributed by atoms with Gasteiger partial charge in [-0.3, -0.25) is 4.79 Å². The fourth-order valence-corrected chi connectivity index (χ4v) is 2.05. The Labute approximate surface area is 120 Å². The molecule has 0 fully saturated rings. The molecular formula is C14H26ClNO3. The molecule has 0 saturated heterocycles. The van der Waals surface area contributed by atoms with Crippen molar-refractivity contribution < 1.29 is 14.7 Å². The zero-order valence-electron chi connectivity index (χ0n) is 11.8. The number of carboxylic acids is 1. The van der Waals surface area contributed by atoms with Crippen LogP contribution in [0.2, 0.25) is 0 Å². The molecule has 0 aromatic heterocycles. The van der Waals surface area contributed by atoms with E-state index in [2.05, 4.69) is 12.2 Å². The van der Waals surface area contributed by atoms with E-state index in [0.29, 0.717) is 6.42 Å². The Morgan fingerprint density at radius 2 is 1.58 bits per heavy atom. The first kappa shape index (κ1) is 18.2. The van der Waals surface area contributed by atoms with E-state index < -0.39 is 17.9 Å². The number of carbonyl (C=O) groups excluding carboxylic acids is 1. The van der Waals surface area contributed by atoms with Gasteiger partial charge in [-0.2, -0.15) is 0 Å². The lowest BCUT2D eigenvalue weighted by molar-refractivity contribution is -0.141. The minimum absolute atomic E-state index is 0.193. The molecule has 0 radical (unpaired) electrons. The van der Waals surface area contributed by atoms with Crippen molar-refractivity contribution in [3.05, 3.63) is 0 Å². The molecule has 0 heterocycles. The lowest BCUT2D eigenvalue weighted by Crippen LogP contribution is -2.41. The molecule has 112 valence electrons. The number of carboxylic acid groups (broad SMARTS) is 1. The molecule has 0 aromatic carbocycles. The standard InChI is InChI=1S/C14H26ClNO3/c1-2-3-4-5-6-7-8-9-10-12(14(18)19)16-13(17)11-15/h12H,2-11H2,1H3,(H,16,17)(H,18,19)/t12-/m0/s1. The number of hydrogen-bond acceptors (Lipinski definition) is 2. The maximum absolute atomic E-state index is 11.1. The van der Waals surface area contributed by atoms with Crippen LogP contribution in [-0.4, -0.2) is 28.9 Å². The number of hydrogen-bond donors (Lipinski definition) is 2. The lowest BCUT2D eigenvalue weighted by Gasteiger charge is -2.13. The Hall–Kier alpha value is -0.770. The first-order chi connectivity index (χ1) is 9.11. The predicted octanol–water partition coefficient (Wildman–Crippen LogP) is 3.33. The van der Waals surface area contributed by atoms with E-state index in [-0.39, 0.29) is 5.88 Å². The third-order valence-electron chi connectivity index (χ3n) is 3.10. The molecule has 0 aliphatic carbocycles. The van der Waals surface area contributed by atoms with Gasteiger partial charge in [-0.1, -0.05) is 58.3 Å². The van der Waals surface area contributed by atoms with Gasteiger partial charge in [0, 0.05) is 0 Å². The summed E-state index contributed by atoms with van der Waals surface area (Å²) in [6.45, 7) is 2.20. The minimum atomic E-state index is -0.985. The molecule has 4 nitrogen and oxygen atoms in total. The molecule has 0 rings (SSSR count). The average Bonchev–Trinajstić information content (AvgIpc) is 2.39. The van der Waals surface area contributed by atoms with Crippen LogP contribution in [0.3, 0.4) is 0 Å². The Bertz CT molecular complexity index is 259. The number of aliphatic carboxylic acids is 1. The first-order valence-electron chi connectivity index (χ1n) is 7.20. The highest BCUT2D eigenvalue weighted by atomic mass is 35.5. The summed E-state index contributed by atoms with van der Waals surface area (Å²) in [7, 11) is 0. The minimum Gasteiger partial charge on any atom is -0.480 e. The zero-order chi connectivity index (χ0) is 14.5. The maximum atomic E-state index is 11.1. The highest BCUT2D eigenvalue weighted by molar-refractivity contribution is 6.27. The molecule has 5 heteroatoms. The SMILES string of the molecule is CCCCCCCCCC[C@H](NC(=O)CCl)C(=O)O. The maximum Gasteiger partial charge on any atom is 0.326 e. The van der Waals surface area contributed by atoms with Crippen LogP contribution in [0.15, 0.2) is 0 Å². The normalized spacial score (nSPS) is 12.1. The van der Waals surface area contributed by atoms with Crippen LogP contribution < -0.4 is 5.32 Å². The van der Waals surface area contributed by atoms with Crippen molar-refractivity contribution >= 4 is 23.5 Å². The van der Waals surface area contributed by atoms with E-state index in [1.54, 1.807) is 0 Å². The van der Waals surface area contributed by atoms with Crippen LogP contribution in [0.25, 0.3) is 0 Å². The van der Waals surface area contributed by atoms with Gasteiger partial charge in [0.25, 0.3) is 0 Å². The van der Waals surface area contributed by atoms with Crippen molar-refractivity contribution in [2.45, 2.75) is 70.8 Å². The number of nitrogens with one attached hydrogen (secondary N) is 1. The quantitative estimate of drug-likeness (QED) is 0.428. The smallest absolute Gasteiger partial charge is 0.326 e. The van der Waals surface area contributed by atoms with Crippen molar-refractivity contribution in [3.63, 3.8) is 0 Å². The summed E-state index contributed by atoms with van der Waals surface area (Å²) < 4.78 is 0. The second-order valence-electron chi connectivity index (χ2n) is 4.86. The first-order valence-corrected chi connectivity index (χ1v) is 7.73. The summed E-state index contributed by atoms with van der Waals surface area (Å²) in [5.41, 5.74) is 0. The van der Waals surface area contributed by atoms with Crippen molar-refractivity contribution in [2.24, 2.45) is 0 Å². The predicted molar refractivity (Wildman–Crippen MR) is 77.5 cm³/mol. The highest BCUT2D eigenvalue weighted by Crippen LogP contribution is 2.10. The van der Waals surface area contributed by atoms with Crippen LogP contribution in [0.4, 0.5) is 0 Å². The second kappa shape index (κ2) is 12.3. The third-order valence-corrected chi connectivity index (χ3v) is 3.34. The Balaban J connectivity index is 3.59. The van der Waals surface area contributed by atoms with Crippen molar-refractivity contribution in [2.75, 3.05) is 5.88 Å². The molecule has 0 spiro atoms. The molecule has 1 amide bonds. The van der Waals surface area contributed by atoms with E-state index in [1.807, 2.05) is 0 Å². The third kappa shape index (κ3) is 10.8. The van der Waals surface area contributed by atoms with Crippen molar-refractivity contribution in [3.8, 4) is 0 Å². The summed E-state index contributed by atoms with van der Waals surface area (Å²) in [4.78, 5) is 22.0. The number of unbranched alkanes of at least 4 members (excludes halogenated alkanes) is 7. The highest BCUT2D eigenvalue weighted by Gasteiger charge is 2.18. The van der Waals surface area contributed by atoms with Crippen molar-refractivity contribution in [1.82, 2.24) is 5.32 Å². The van der Waals surface area contributed by atoms with Crippen LogP contribution in [0.5, 0.6) is 0 Å². The molecule has 0 aliphatic heterocycles. The number of amides is 1. The number of alkyl halides is 1. The topological polar surface area (TPSA) is 66.4 Å². The van der Waals surface area contributed by atoms with Gasteiger partial charge in [0.1, 0.15) is 11.9 Å². The number of halogens is 1. The molecule has 0 aromatic rings. The molecule has 0 aliphatic rings. The number of rotatable bonds is 12. The fourth-order valence-electron chi connectivity index (χ4n) is 1.97. The van der Waals surface area contributed by atoms with Gasteiger partial charge < -0.3 is 10.4 Å². The van der Waals surface area contributed by atoms with Crippen LogP contribution in [0, 0.1) is 0 Å². The Morgan fingerprint density at radius 3 is 2.05 bits per heavy atom. The lowest BCUT2D eigenvalue weighted by atomic mass is 10.0. The molecule has 2 N–H and O–H groups in total.